The van der Waals surface area contributed by atoms with Gasteiger partial charge in [0.05, 0.1) is 0 Å². The largest absolute Gasteiger partial charge is 0.339 e. The van der Waals surface area contributed by atoms with Gasteiger partial charge < -0.3 is 4.90 Å². The van der Waals surface area contributed by atoms with Crippen LogP contribution in [-0.2, 0) is 6.42 Å². The summed E-state index contributed by atoms with van der Waals surface area (Å²) in [6.45, 7) is 2.78. The maximum Gasteiger partial charge on any atom is 0.253 e. The van der Waals surface area contributed by atoms with E-state index in [-0.39, 0.29) is 5.91 Å². The van der Waals surface area contributed by atoms with Crippen LogP contribution in [0.15, 0.2) is 48.5 Å². The molecule has 1 fully saturated rings. The van der Waals surface area contributed by atoms with Crippen molar-refractivity contribution in [1.29, 1.82) is 0 Å². The molecule has 136 valence electrons. The summed E-state index contributed by atoms with van der Waals surface area (Å²) in [6, 6.07) is 16.6. The van der Waals surface area contributed by atoms with E-state index >= 15 is 0 Å². The zero-order chi connectivity index (χ0) is 18.1. The molecule has 1 amide bonds. The van der Waals surface area contributed by atoms with Crippen LogP contribution in [0.1, 0.15) is 40.4 Å². The molecule has 0 spiro atoms. The standard InChI is InChI=1S/C22H25ClN2O/c1-24-13-10-16-4-2-3-5-20(16)21(24)17-11-14-25(15-12-17)22(26)18-6-8-19(23)9-7-18/h2-9,17,21H,10-15H2,1H3. The van der Waals surface area contributed by atoms with Crippen molar-refractivity contribution in [3.8, 4) is 0 Å². The summed E-state index contributed by atoms with van der Waals surface area (Å²) in [6.07, 6.45) is 3.25. The van der Waals surface area contributed by atoms with Crippen LogP contribution in [0.3, 0.4) is 0 Å². The van der Waals surface area contributed by atoms with Gasteiger partial charge in [-0.15, -0.1) is 0 Å². The number of carbonyl (C=O) groups excluding carboxylic acids is 1. The predicted octanol–water partition coefficient (Wildman–Crippen LogP) is 4.42. The van der Waals surface area contributed by atoms with Gasteiger partial charge in [-0.2, -0.15) is 0 Å². The number of amides is 1. The normalized spacial score (nSPS) is 21.5. The smallest absolute Gasteiger partial charge is 0.253 e. The molecule has 2 aromatic rings. The lowest BCUT2D eigenvalue weighted by atomic mass is 9.80. The number of likely N-dealkylation sites (tertiary alicyclic amines) is 1. The van der Waals surface area contributed by atoms with Crippen molar-refractivity contribution in [2.75, 3.05) is 26.7 Å². The molecule has 2 heterocycles. The quantitative estimate of drug-likeness (QED) is 0.783. The molecule has 0 N–H and O–H groups in total. The molecule has 1 atom stereocenters. The van der Waals surface area contributed by atoms with Crippen molar-refractivity contribution in [2.45, 2.75) is 25.3 Å². The van der Waals surface area contributed by atoms with Crippen molar-refractivity contribution in [3.05, 3.63) is 70.2 Å². The lowest BCUT2D eigenvalue weighted by Gasteiger charge is -2.43. The lowest BCUT2D eigenvalue weighted by molar-refractivity contribution is 0.0598. The summed E-state index contributed by atoms with van der Waals surface area (Å²) < 4.78 is 0. The molecule has 1 unspecified atom stereocenters. The number of carbonyl (C=O) groups is 1. The Bertz CT molecular complexity index is 781. The number of rotatable bonds is 2. The fraction of sp³-hybridized carbons (Fsp3) is 0.409. The van der Waals surface area contributed by atoms with E-state index in [0.717, 1.165) is 44.5 Å². The molecule has 2 aliphatic rings. The van der Waals surface area contributed by atoms with Gasteiger partial charge in [0, 0.05) is 36.3 Å². The van der Waals surface area contributed by atoms with E-state index in [1.807, 2.05) is 17.0 Å². The minimum absolute atomic E-state index is 0.123. The third-order valence-electron chi connectivity index (χ3n) is 5.95. The summed E-state index contributed by atoms with van der Waals surface area (Å²) in [7, 11) is 2.24. The number of benzene rings is 2. The van der Waals surface area contributed by atoms with Crippen molar-refractivity contribution < 1.29 is 4.79 Å². The van der Waals surface area contributed by atoms with E-state index in [0.29, 0.717) is 17.0 Å². The molecule has 0 bridgehead atoms. The van der Waals surface area contributed by atoms with Gasteiger partial charge in [-0.1, -0.05) is 35.9 Å². The highest BCUT2D eigenvalue weighted by Gasteiger charge is 2.34. The minimum Gasteiger partial charge on any atom is -0.339 e. The van der Waals surface area contributed by atoms with Gasteiger partial charge in [0.2, 0.25) is 0 Å². The van der Waals surface area contributed by atoms with Crippen molar-refractivity contribution in [3.63, 3.8) is 0 Å². The Morgan fingerprint density at radius 3 is 2.42 bits per heavy atom. The van der Waals surface area contributed by atoms with Crippen LogP contribution in [0.2, 0.25) is 5.02 Å². The third kappa shape index (κ3) is 3.38. The van der Waals surface area contributed by atoms with Crippen LogP contribution in [0.5, 0.6) is 0 Å². The Morgan fingerprint density at radius 2 is 1.69 bits per heavy atom. The highest BCUT2D eigenvalue weighted by atomic mass is 35.5. The molecule has 0 aliphatic carbocycles. The monoisotopic (exact) mass is 368 g/mol. The number of hydrogen-bond donors (Lipinski definition) is 0. The molecule has 0 saturated carbocycles. The summed E-state index contributed by atoms with van der Waals surface area (Å²) >= 11 is 5.93. The first-order valence-corrected chi connectivity index (χ1v) is 9.84. The molecule has 0 radical (unpaired) electrons. The maximum atomic E-state index is 12.7. The van der Waals surface area contributed by atoms with E-state index in [1.165, 1.54) is 11.1 Å². The van der Waals surface area contributed by atoms with Crippen molar-refractivity contribution >= 4 is 17.5 Å². The Morgan fingerprint density at radius 1 is 1.00 bits per heavy atom. The summed E-state index contributed by atoms with van der Waals surface area (Å²) in [5.41, 5.74) is 3.71. The van der Waals surface area contributed by atoms with E-state index in [9.17, 15) is 4.79 Å². The average Bonchev–Trinajstić information content (AvgIpc) is 2.68. The van der Waals surface area contributed by atoms with Crippen LogP contribution >= 0.6 is 11.6 Å². The van der Waals surface area contributed by atoms with Crippen LogP contribution in [0, 0.1) is 5.92 Å². The average molecular weight is 369 g/mol. The molecule has 2 aliphatic heterocycles. The fourth-order valence-electron chi connectivity index (χ4n) is 4.53. The second kappa shape index (κ2) is 7.42. The first kappa shape index (κ1) is 17.6. The van der Waals surface area contributed by atoms with Gasteiger partial charge in [-0.3, -0.25) is 9.69 Å². The molecule has 1 saturated heterocycles. The SMILES string of the molecule is CN1CCc2ccccc2C1C1CCN(C(=O)c2ccc(Cl)cc2)CC1. The van der Waals surface area contributed by atoms with Gasteiger partial charge in [-0.25, -0.2) is 0 Å². The fourth-order valence-corrected chi connectivity index (χ4v) is 4.66. The Balaban J connectivity index is 1.45. The predicted molar refractivity (Wildman–Crippen MR) is 106 cm³/mol. The van der Waals surface area contributed by atoms with Crippen LogP contribution in [0.25, 0.3) is 0 Å². The van der Waals surface area contributed by atoms with Crippen LogP contribution in [-0.4, -0.2) is 42.4 Å². The molecule has 26 heavy (non-hydrogen) atoms. The van der Waals surface area contributed by atoms with E-state index in [2.05, 4.69) is 36.2 Å². The maximum absolute atomic E-state index is 12.7. The topological polar surface area (TPSA) is 23.6 Å². The number of hydrogen-bond acceptors (Lipinski definition) is 2. The van der Waals surface area contributed by atoms with E-state index in [1.54, 1.807) is 12.1 Å². The molecular weight excluding hydrogens is 344 g/mol. The first-order valence-electron chi connectivity index (χ1n) is 9.46. The molecule has 4 rings (SSSR count). The van der Waals surface area contributed by atoms with Gasteiger partial charge in [0.1, 0.15) is 0 Å². The van der Waals surface area contributed by atoms with E-state index in [4.69, 9.17) is 11.6 Å². The second-order valence-corrected chi connectivity index (χ2v) is 7.95. The number of piperidine rings is 1. The third-order valence-corrected chi connectivity index (χ3v) is 6.20. The summed E-state index contributed by atoms with van der Waals surface area (Å²) in [4.78, 5) is 17.2. The minimum atomic E-state index is 0.123. The lowest BCUT2D eigenvalue weighted by Crippen LogP contribution is -2.44. The van der Waals surface area contributed by atoms with Gasteiger partial charge in [0.15, 0.2) is 0 Å². The zero-order valence-corrected chi connectivity index (χ0v) is 16.0. The van der Waals surface area contributed by atoms with Crippen LogP contribution in [0.4, 0.5) is 0 Å². The Kier molecular flexibility index (Phi) is 5.01. The summed E-state index contributed by atoms with van der Waals surface area (Å²) in [5.74, 6) is 0.730. The number of likely N-dealkylation sites (N-methyl/N-ethyl adjacent to an activating group) is 1. The molecule has 0 aromatic heterocycles. The van der Waals surface area contributed by atoms with Gasteiger partial charge in [-0.05, 0) is 67.6 Å². The summed E-state index contributed by atoms with van der Waals surface area (Å²) in [5, 5.41) is 0.666. The number of nitrogens with zero attached hydrogens (tertiary/aromatic N) is 2. The Hall–Kier alpha value is -1.84. The molecular formula is C22H25ClN2O. The highest BCUT2D eigenvalue weighted by Crippen LogP contribution is 2.39. The van der Waals surface area contributed by atoms with Gasteiger partial charge in [0.25, 0.3) is 5.91 Å². The molecule has 3 nitrogen and oxygen atoms in total. The van der Waals surface area contributed by atoms with Crippen molar-refractivity contribution in [2.24, 2.45) is 5.92 Å². The van der Waals surface area contributed by atoms with Crippen LogP contribution < -0.4 is 0 Å². The highest BCUT2D eigenvalue weighted by molar-refractivity contribution is 6.30. The molecule has 2 aromatic carbocycles. The van der Waals surface area contributed by atoms with Crippen molar-refractivity contribution in [1.82, 2.24) is 9.80 Å². The zero-order valence-electron chi connectivity index (χ0n) is 15.2. The van der Waals surface area contributed by atoms with E-state index < -0.39 is 0 Å². The molecule has 4 heteroatoms. The van der Waals surface area contributed by atoms with Gasteiger partial charge >= 0.3 is 0 Å². The Labute approximate surface area is 160 Å². The number of fused-ring (bicyclic) bond motifs is 1. The second-order valence-electron chi connectivity index (χ2n) is 7.51. The number of halogens is 1. The first-order chi connectivity index (χ1) is 12.6.